The van der Waals surface area contributed by atoms with Gasteiger partial charge in [-0.05, 0) is 63.9 Å². The summed E-state index contributed by atoms with van der Waals surface area (Å²) in [6.45, 7) is 9.61. The number of rotatable bonds is 5. The lowest BCUT2D eigenvalue weighted by Gasteiger charge is -2.39. The highest BCUT2D eigenvalue weighted by atomic mass is 16.6. The van der Waals surface area contributed by atoms with Gasteiger partial charge in [0, 0.05) is 26.1 Å². The SMILES string of the molecule is C[C@H]1CC[C@@H](C(=O)CC2CCN(C(=O)OCc3ccccc3)CC2)N(C(=O)OC(C)(C)C)C1. The van der Waals surface area contributed by atoms with Gasteiger partial charge in [0.15, 0.2) is 5.78 Å². The summed E-state index contributed by atoms with van der Waals surface area (Å²) in [5.74, 6) is 0.681. The minimum absolute atomic E-state index is 0.109. The van der Waals surface area contributed by atoms with E-state index < -0.39 is 17.7 Å². The first-order valence-corrected chi connectivity index (χ1v) is 12.1. The summed E-state index contributed by atoms with van der Waals surface area (Å²) >= 11 is 0. The molecule has 0 radical (unpaired) electrons. The van der Waals surface area contributed by atoms with Crippen LogP contribution in [0.5, 0.6) is 0 Å². The van der Waals surface area contributed by atoms with E-state index >= 15 is 0 Å². The summed E-state index contributed by atoms with van der Waals surface area (Å²) in [7, 11) is 0. The lowest BCUT2D eigenvalue weighted by molar-refractivity contribution is -0.127. The molecule has 33 heavy (non-hydrogen) atoms. The van der Waals surface area contributed by atoms with Crippen LogP contribution < -0.4 is 0 Å². The van der Waals surface area contributed by atoms with Crippen molar-refractivity contribution in [2.24, 2.45) is 11.8 Å². The number of carbonyl (C=O) groups excluding carboxylic acids is 3. The summed E-state index contributed by atoms with van der Waals surface area (Å²) < 4.78 is 11.0. The molecule has 182 valence electrons. The average Bonchev–Trinajstić information content (AvgIpc) is 2.77. The molecule has 2 saturated heterocycles. The van der Waals surface area contributed by atoms with Gasteiger partial charge in [0.1, 0.15) is 12.2 Å². The van der Waals surface area contributed by atoms with Gasteiger partial charge >= 0.3 is 12.2 Å². The zero-order valence-corrected chi connectivity index (χ0v) is 20.4. The molecule has 3 rings (SSSR count). The summed E-state index contributed by atoms with van der Waals surface area (Å²) in [5, 5.41) is 0. The first-order chi connectivity index (χ1) is 15.6. The molecule has 1 aromatic rings. The minimum atomic E-state index is -0.590. The fourth-order valence-corrected chi connectivity index (χ4v) is 4.56. The Hall–Kier alpha value is -2.57. The molecule has 2 aliphatic heterocycles. The Labute approximate surface area is 197 Å². The molecule has 0 bridgehead atoms. The Kier molecular flexibility index (Phi) is 8.38. The van der Waals surface area contributed by atoms with Gasteiger partial charge in [-0.1, -0.05) is 37.3 Å². The predicted octanol–water partition coefficient (Wildman–Crippen LogP) is 5.03. The molecule has 2 atom stereocenters. The molecule has 1 aromatic carbocycles. The largest absolute Gasteiger partial charge is 0.445 e. The van der Waals surface area contributed by atoms with Gasteiger partial charge in [-0.2, -0.15) is 0 Å². The van der Waals surface area contributed by atoms with E-state index in [1.807, 2.05) is 51.1 Å². The van der Waals surface area contributed by atoms with Crippen LogP contribution in [0.25, 0.3) is 0 Å². The minimum Gasteiger partial charge on any atom is -0.445 e. The number of benzene rings is 1. The van der Waals surface area contributed by atoms with Crippen LogP contribution in [0.4, 0.5) is 9.59 Å². The van der Waals surface area contributed by atoms with E-state index in [-0.39, 0.29) is 24.4 Å². The quantitative estimate of drug-likeness (QED) is 0.619. The molecule has 2 aliphatic rings. The van der Waals surface area contributed by atoms with Crippen LogP contribution in [0.2, 0.25) is 0 Å². The Balaban J connectivity index is 1.48. The molecule has 0 aliphatic carbocycles. The summed E-state index contributed by atoms with van der Waals surface area (Å²) in [4.78, 5) is 41.7. The smallest absolute Gasteiger partial charge is 0.410 e. The maximum absolute atomic E-state index is 13.2. The molecule has 2 fully saturated rings. The number of Topliss-reactive ketones (excluding diaryl/α,β-unsaturated/α-hetero) is 1. The highest BCUT2D eigenvalue weighted by Crippen LogP contribution is 2.28. The topological polar surface area (TPSA) is 76.2 Å². The molecule has 7 heteroatoms. The van der Waals surface area contributed by atoms with Crippen LogP contribution in [-0.4, -0.2) is 59.0 Å². The third-order valence-corrected chi connectivity index (χ3v) is 6.38. The first-order valence-electron chi connectivity index (χ1n) is 12.1. The number of amides is 2. The molecule has 0 spiro atoms. The second-order valence-corrected chi connectivity index (χ2v) is 10.5. The van der Waals surface area contributed by atoms with E-state index in [2.05, 4.69) is 6.92 Å². The Bertz CT molecular complexity index is 812. The van der Waals surface area contributed by atoms with Gasteiger partial charge in [0.05, 0.1) is 6.04 Å². The second-order valence-electron chi connectivity index (χ2n) is 10.5. The molecule has 0 unspecified atom stereocenters. The van der Waals surface area contributed by atoms with Gasteiger partial charge in [0.2, 0.25) is 0 Å². The van der Waals surface area contributed by atoms with E-state index in [1.165, 1.54) is 0 Å². The highest BCUT2D eigenvalue weighted by molar-refractivity contribution is 5.88. The second kappa shape index (κ2) is 11.0. The van der Waals surface area contributed by atoms with Crippen LogP contribution in [0.1, 0.15) is 65.4 Å². The Morgan fingerprint density at radius 1 is 0.970 bits per heavy atom. The van der Waals surface area contributed by atoms with Crippen LogP contribution in [-0.2, 0) is 20.9 Å². The van der Waals surface area contributed by atoms with Crippen molar-refractivity contribution in [2.45, 2.75) is 78.0 Å². The fraction of sp³-hybridized carbons (Fsp3) is 0.654. The molecule has 7 nitrogen and oxygen atoms in total. The molecular formula is C26H38N2O5. The monoisotopic (exact) mass is 458 g/mol. The first kappa shape index (κ1) is 25.1. The number of piperidine rings is 2. The molecular weight excluding hydrogens is 420 g/mol. The normalized spacial score (nSPS) is 22.1. The van der Waals surface area contributed by atoms with Crippen LogP contribution in [0.15, 0.2) is 30.3 Å². The van der Waals surface area contributed by atoms with Gasteiger partial charge < -0.3 is 14.4 Å². The average molecular weight is 459 g/mol. The van der Waals surface area contributed by atoms with E-state index in [0.29, 0.717) is 38.4 Å². The number of hydrogen-bond acceptors (Lipinski definition) is 5. The van der Waals surface area contributed by atoms with Gasteiger partial charge in [-0.15, -0.1) is 0 Å². The Morgan fingerprint density at radius 2 is 1.64 bits per heavy atom. The lowest BCUT2D eigenvalue weighted by atomic mass is 9.85. The van der Waals surface area contributed by atoms with Crippen molar-refractivity contribution in [3.05, 3.63) is 35.9 Å². The maximum atomic E-state index is 13.2. The summed E-state index contributed by atoms with van der Waals surface area (Å²) in [6.07, 6.45) is 2.88. The van der Waals surface area contributed by atoms with Crippen LogP contribution >= 0.6 is 0 Å². The molecule has 0 aromatic heterocycles. The number of ether oxygens (including phenoxy) is 2. The van der Waals surface area contributed by atoms with Crippen molar-refractivity contribution in [1.82, 2.24) is 9.80 Å². The van der Waals surface area contributed by atoms with E-state index in [1.54, 1.807) is 9.80 Å². The van der Waals surface area contributed by atoms with Crippen molar-refractivity contribution >= 4 is 18.0 Å². The molecule has 2 amide bonds. The number of nitrogens with zero attached hydrogens (tertiary/aromatic N) is 2. The van der Waals surface area contributed by atoms with Gasteiger partial charge in [-0.3, -0.25) is 9.69 Å². The van der Waals surface area contributed by atoms with E-state index in [9.17, 15) is 14.4 Å². The summed E-state index contributed by atoms with van der Waals surface area (Å²) in [5.41, 5.74) is 0.371. The van der Waals surface area contributed by atoms with Gasteiger partial charge in [-0.25, -0.2) is 9.59 Å². The number of hydrogen-bond donors (Lipinski definition) is 0. The summed E-state index contributed by atoms with van der Waals surface area (Å²) in [6, 6.07) is 9.21. The molecule has 2 heterocycles. The van der Waals surface area contributed by atoms with Gasteiger partial charge in [0.25, 0.3) is 0 Å². The highest BCUT2D eigenvalue weighted by Gasteiger charge is 2.38. The zero-order chi connectivity index (χ0) is 24.0. The van der Waals surface area contributed by atoms with Crippen molar-refractivity contribution < 1.29 is 23.9 Å². The predicted molar refractivity (Wildman–Crippen MR) is 126 cm³/mol. The zero-order valence-electron chi connectivity index (χ0n) is 20.4. The number of ketones is 1. The van der Waals surface area contributed by atoms with E-state index in [0.717, 1.165) is 24.8 Å². The molecule has 0 saturated carbocycles. The molecule has 0 N–H and O–H groups in total. The number of likely N-dealkylation sites (tertiary alicyclic amines) is 2. The van der Waals surface area contributed by atoms with E-state index in [4.69, 9.17) is 9.47 Å². The van der Waals surface area contributed by atoms with Crippen molar-refractivity contribution in [3.63, 3.8) is 0 Å². The lowest BCUT2D eigenvalue weighted by Crippen LogP contribution is -2.52. The maximum Gasteiger partial charge on any atom is 0.410 e. The van der Waals surface area contributed by atoms with Crippen molar-refractivity contribution in [1.29, 1.82) is 0 Å². The number of carbonyl (C=O) groups is 3. The Morgan fingerprint density at radius 3 is 2.27 bits per heavy atom. The van der Waals surface area contributed by atoms with Crippen LogP contribution in [0.3, 0.4) is 0 Å². The van der Waals surface area contributed by atoms with Crippen molar-refractivity contribution in [2.75, 3.05) is 19.6 Å². The van der Waals surface area contributed by atoms with Crippen LogP contribution in [0, 0.1) is 11.8 Å². The van der Waals surface area contributed by atoms with Crippen molar-refractivity contribution in [3.8, 4) is 0 Å². The standard InChI is InChI=1S/C26H38N2O5/c1-19-10-11-22(28(17-19)25(31)33-26(2,3)4)23(29)16-20-12-14-27(15-13-20)24(30)32-18-21-8-6-5-7-9-21/h5-9,19-20,22H,10-18H2,1-4H3/t19-,22-/m0/s1. The third-order valence-electron chi connectivity index (χ3n) is 6.38. The fourth-order valence-electron chi connectivity index (χ4n) is 4.56. The third kappa shape index (κ3) is 7.47.